The number of hydrogen-bond donors (Lipinski definition) is 2. The van der Waals surface area contributed by atoms with Gasteiger partial charge < -0.3 is 9.84 Å². The van der Waals surface area contributed by atoms with Crippen molar-refractivity contribution in [3.63, 3.8) is 0 Å². The fourth-order valence-corrected chi connectivity index (χ4v) is 2.50. The van der Waals surface area contributed by atoms with Crippen LogP contribution in [0, 0.1) is 6.92 Å². The molecule has 0 bridgehead atoms. The van der Waals surface area contributed by atoms with Gasteiger partial charge >= 0.3 is 0 Å². The monoisotopic (exact) mass is 366 g/mol. The van der Waals surface area contributed by atoms with Crippen LogP contribution in [0.5, 0.6) is 11.5 Å². The lowest BCUT2D eigenvalue weighted by atomic mass is 10.1. The minimum Gasteiger partial charge on any atom is -0.503 e. The van der Waals surface area contributed by atoms with Gasteiger partial charge in [-0.1, -0.05) is 29.3 Å². The standard InChI is InChI=1S/C17H16Cl2N2O3/c1-3-24-15-8-11(7-14(19)16(15)22)9-20-21-17(23)12-5-4-10(2)6-13(12)18/h4-9,22H,3H2,1-2H3,(H,21,23)/b20-9-. The van der Waals surface area contributed by atoms with E-state index in [2.05, 4.69) is 10.5 Å². The maximum atomic E-state index is 12.1. The molecule has 0 aliphatic rings. The lowest BCUT2D eigenvalue weighted by molar-refractivity contribution is 0.0955. The molecular weight excluding hydrogens is 351 g/mol. The summed E-state index contributed by atoms with van der Waals surface area (Å²) in [5.41, 5.74) is 4.25. The lowest BCUT2D eigenvalue weighted by Gasteiger charge is -2.08. The molecular formula is C17H16Cl2N2O3. The highest BCUT2D eigenvalue weighted by molar-refractivity contribution is 6.34. The van der Waals surface area contributed by atoms with Crippen LogP contribution in [-0.2, 0) is 0 Å². The quantitative estimate of drug-likeness (QED) is 0.616. The van der Waals surface area contributed by atoms with Crippen molar-refractivity contribution in [2.45, 2.75) is 13.8 Å². The van der Waals surface area contributed by atoms with Crippen LogP contribution in [0.15, 0.2) is 35.4 Å². The number of aromatic hydroxyl groups is 1. The average molecular weight is 367 g/mol. The van der Waals surface area contributed by atoms with Crippen molar-refractivity contribution in [3.8, 4) is 11.5 Å². The van der Waals surface area contributed by atoms with Crippen molar-refractivity contribution >= 4 is 35.3 Å². The summed E-state index contributed by atoms with van der Waals surface area (Å²) in [6.07, 6.45) is 1.40. The van der Waals surface area contributed by atoms with Crippen molar-refractivity contribution in [2.75, 3.05) is 6.61 Å². The summed E-state index contributed by atoms with van der Waals surface area (Å²) in [5.74, 6) is -0.309. The minimum atomic E-state index is -0.425. The number of phenolic OH excluding ortho intramolecular Hbond substituents is 1. The first-order valence-electron chi connectivity index (χ1n) is 7.17. The van der Waals surface area contributed by atoms with Crippen molar-refractivity contribution in [1.82, 2.24) is 5.43 Å². The number of hydrazone groups is 1. The van der Waals surface area contributed by atoms with E-state index in [4.69, 9.17) is 27.9 Å². The summed E-state index contributed by atoms with van der Waals surface area (Å²) in [5, 5.41) is 14.1. The van der Waals surface area contributed by atoms with Crippen LogP contribution >= 0.6 is 23.2 Å². The minimum absolute atomic E-state index is 0.133. The zero-order chi connectivity index (χ0) is 17.7. The smallest absolute Gasteiger partial charge is 0.272 e. The summed E-state index contributed by atoms with van der Waals surface area (Å²) < 4.78 is 5.28. The highest BCUT2D eigenvalue weighted by Crippen LogP contribution is 2.34. The number of amides is 1. The second kappa shape index (κ2) is 8.04. The Hall–Kier alpha value is -2.24. The predicted molar refractivity (Wildman–Crippen MR) is 95.5 cm³/mol. The molecule has 5 nitrogen and oxygen atoms in total. The molecule has 126 valence electrons. The summed E-state index contributed by atoms with van der Waals surface area (Å²) in [6, 6.07) is 8.20. The Balaban J connectivity index is 2.12. The van der Waals surface area contributed by atoms with Gasteiger partial charge in [0, 0.05) is 0 Å². The van der Waals surface area contributed by atoms with Gasteiger partial charge in [0.15, 0.2) is 11.5 Å². The summed E-state index contributed by atoms with van der Waals surface area (Å²) in [7, 11) is 0. The van der Waals surface area contributed by atoms with Crippen LogP contribution in [0.1, 0.15) is 28.4 Å². The van der Waals surface area contributed by atoms with Gasteiger partial charge in [-0.05, 0) is 49.2 Å². The molecule has 0 atom stereocenters. The number of benzene rings is 2. The molecule has 0 heterocycles. The van der Waals surface area contributed by atoms with Crippen molar-refractivity contribution in [3.05, 3.63) is 57.1 Å². The molecule has 1 amide bonds. The average Bonchev–Trinajstić information content (AvgIpc) is 2.52. The number of ether oxygens (including phenoxy) is 1. The molecule has 24 heavy (non-hydrogen) atoms. The lowest BCUT2D eigenvalue weighted by Crippen LogP contribution is -2.18. The van der Waals surface area contributed by atoms with E-state index in [1.165, 1.54) is 12.3 Å². The van der Waals surface area contributed by atoms with E-state index in [1.54, 1.807) is 31.2 Å². The first-order chi connectivity index (χ1) is 11.4. The molecule has 2 aromatic carbocycles. The molecule has 7 heteroatoms. The van der Waals surface area contributed by atoms with Gasteiger partial charge in [-0.15, -0.1) is 0 Å². The van der Waals surface area contributed by atoms with Crippen molar-refractivity contribution in [2.24, 2.45) is 5.10 Å². The maximum Gasteiger partial charge on any atom is 0.272 e. The second-order valence-corrected chi connectivity index (χ2v) is 5.78. The maximum absolute atomic E-state index is 12.1. The molecule has 2 aromatic rings. The zero-order valence-electron chi connectivity index (χ0n) is 13.1. The Kier molecular flexibility index (Phi) is 6.06. The van der Waals surface area contributed by atoms with Gasteiger partial charge in [0.25, 0.3) is 5.91 Å². The summed E-state index contributed by atoms with van der Waals surface area (Å²) >= 11 is 12.0. The van der Waals surface area contributed by atoms with E-state index in [0.29, 0.717) is 22.8 Å². The fourth-order valence-electron chi connectivity index (χ4n) is 1.96. The molecule has 0 fully saturated rings. The van der Waals surface area contributed by atoms with Crippen LogP contribution in [0.25, 0.3) is 0 Å². The van der Waals surface area contributed by atoms with Crippen molar-refractivity contribution in [1.29, 1.82) is 0 Å². The zero-order valence-corrected chi connectivity index (χ0v) is 14.6. The largest absolute Gasteiger partial charge is 0.503 e. The first-order valence-corrected chi connectivity index (χ1v) is 7.92. The molecule has 0 aliphatic carbocycles. The van der Waals surface area contributed by atoms with E-state index in [0.717, 1.165) is 5.56 Å². The highest BCUT2D eigenvalue weighted by Gasteiger charge is 2.10. The van der Waals surface area contributed by atoms with Crippen LogP contribution in [0.3, 0.4) is 0 Å². The number of nitrogens with one attached hydrogen (secondary N) is 1. The normalized spacial score (nSPS) is 10.8. The van der Waals surface area contributed by atoms with E-state index >= 15 is 0 Å². The van der Waals surface area contributed by atoms with Gasteiger partial charge in [0.05, 0.1) is 28.4 Å². The SMILES string of the molecule is CCOc1cc(/C=N\NC(=O)c2ccc(C)cc2Cl)cc(Cl)c1O. The number of nitrogens with zero attached hydrogens (tertiary/aromatic N) is 1. The van der Waals surface area contributed by atoms with Crippen molar-refractivity contribution < 1.29 is 14.6 Å². The molecule has 0 saturated heterocycles. The highest BCUT2D eigenvalue weighted by atomic mass is 35.5. The topological polar surface area (TPSA) is 70.9 Å². The second-order valence-electron chi connectivity index (χ2n) is 4.96. The number of rotatable bonds is 5. The van der Waals surface area contributed by atoms with Gasteiger partial charge in [0.2, 0.25) is 0 Å². The Morgan fingerprint density at radius 1 is 1.29 bits per heavy atom. The Labute approximate surface area is 149 Å². The Bertz CT molecular complexity index is 792. The molecule has 0 spiro atoms. The number of aryl methyl sites for hydroxylation is 1. The van der Waals surface area contributed by atoms with Crippen LogP contribution in [0.2, 0.25) is 10.0 Å². The molecule has 2 rings (SSSR count). The Morgan fingerprint density at radius 3 is 2.71 bits per heavy atom. The van der Waals surface area contributed by atoms with Gasteiger partial charge in [-0.25, -0.2) is 5.43 Å². The number of carbonyl (C=O) groups excluding carboxylic acids is 1. The molecule has 0 aromatic heterocycles. The third-order valence-electron chi connectivity index (χ3n) is 3.10. The summed E-state index contributed by atoms with van der Waals surface area (Å²) in [4.78, 5) is 12.1. The van der Waals surface area contributed by atoms with E-state index in [9.17, 15) is 9.90 Å². The number of halogens is 2. The predicted octanol–water partition coefficient (Wildman–Crippen LogP) is 4.17. The molecule has 0 saturated carbocycles. The molecule has 0 radical (unpaired) electrons. The van der Waals surface area contributed by atoms with Crippen LogP contribution in [-0.4, -0.2) is 23.8 Å². The molecule has 0 unspecified atom stereocenters. The fraction of sp³-hybridized carbons (Fsp3) is 0.176. The third-order valence-corrected chi connectivity index (χ3v) is 3.70. The Morgan fingerprint density at radius 2 is 2.04 bits per heavy atom. The van der Waals surface area contributed by atoms with E-state index in [1.807, 2.05) is 6.92 Å². The van der Waals surface area contributed by atoms with Gasteiger partial charge in [-0.2, -0.15) is 5.10 Å². The summed E-state index contributed by atoms with van der Waals surface area (Å²) in [6.45, 7) is 4.06. The number of carbonyl (C=O) groups is 1. The van der Waals surface area contributed by atoms with E-state index in [-0.39, 0.29) is 16.5 Å². The molecule has 0 aliphatic heterocycles. The first kappa shape index (κ1) is 18.1. The van der Waals surface area contributed by atoms with Crippen LogP contribution in [0.4, 0.5) is 0 Å². The van der Waals surface area contributed by atoms with E-state index < -0.39 is 5.91 Å². The van der Waals surface area contributed by atoms with Gasteiger partial charge in [0.1, 0.15) is 0 Å². The number of hydrogen-bond acceptors (Lipinski definition) is 4. The third kappa shape index (κ3) is 4.40. The molecule has 2 N–H and O–H groups in total. The van der Waals surface area contributed by atoms with Gasteiger partial charge in [-0.3, -0.25) is 4.79 Å². The van der Waals surface area contributed by atoms with Crippen LogP contribution < -0.4 is 10.2 Å². The number of phenols is 1.